The van der Waals surface area contributed by atoms with Crippen LogP contribution in [0.3, 0.4) is 0 Å². The molecule has 0 aliphatic rings. The van der Waals surface area contributed by atoms with Crippen LogP contribution in [-0.2, 0) is 0 Å². The molecule has 1 aromatic rings. The zero-order chi connectivity index (χ0) is 14.5. The van der Waals surface area contributed by atoms with Gasteiger partial charge in [0.1, 0.15) is 11.3 Å². The van der Waals surface area contributed by atoms with Crippen LogP contribution in [-0.4, -0.2) is 30.3 Å². The first-order valence-electron chi connectivity index (χ1n) is 6.39. The number of nitrogen functional groups attached to an aromatic ring is 1. The number of amides is 1. The van der Waals surface area contributed by atoms with Crippen LogP contribution in [0.15, 0.2) is 18.2 Å². The van der Waals surface area contributed by atoms with E-state index in [-0.39, 0.29) is 12.5 Å². The fourth-order valence-corrected chi connectivity index (χ4v) is 1.95. The molecule has 106 valence electrons. The molecular weight excluding hydrogens is 244 g/mol. The Labute approximate surface area is 113 Å². The second kappa shape index (κ2) is 6.43. The molecule has 19 heavy (non-hydrogen) atoms. The van der Waals surface area contributed by atoms with Gasteiger partial charge in [-0.15, -0.1) is 0 Å². The molecule has 0 fully saturated rings. The van der Waals surface area contributed by atoms with Crippen molar-refractivity contribution in [2.45, 2.75) is 32.2 Å². The lowest BCUT2D eigenvalue weighted by Gasteiger charge is -2.31. The van der Waals surface area contributed by atoms with Gasteiger partial charge in [-0.1, -0.05) is 19.9 Å². The van der Waals surface area contributed by atoms with Crippen molar-refractivity contribution in [1.29, 1.82) is 0 Å². The van der Waals surface area contributed by atoms with E-state index in [9.17, 15) is 9.90 Å². The quantitative estimate of drug-likeness (QED) is 0.682. The highest BCUT2D eigenvalue weighted by molar-refractivity contribution is 6.02. The maximum atomic E-state index is 12.4. The highest BCUT2D eigenvalue weighted by Crippen LogP contribution is 2.25. The van der Waals surface area contributed by atoms with Gasteiger partial charge in [-0.05, 0) is 25.0 Å². The minimum atomic E-state index is -0.621. The first-order chi connectivity index (χ1) is 9.03. The number of nitrogens with two attached hydrogens (primary N) is 1. The van der Waals surface area contributed by atoms with Gasteiger partial charge in [0.2, 0.25) is 0 Å². The molecule has 0 bridgehead atoms. The van der Waals surface area contributed by atoms with E-state index in [0.717, 1.165) is 0 Å². The van der Waals surface area contributed by atoms with Crippen molar-refractivity contribution in [3.05, 3.63) is 23.8 Å². The number of methoxy groups -OCH3 is 1. The molecule has 1 aromatic carbocycles. The van der Waals surface area contributed by atoms with E-state index < -0.39 is 5.54 Å². The third-order valence-electron chi connectivity index (χ3n) is 3.54. The molecule has 0 saturated carbocycles. The molecule has 1 rings (SSSR count). The molecule has 0 saturated heterocycles. The Balaban J connectivity index is 3.07. The predicted octanol–water partition coefficient (Wildman–Crippen LogP) is 1.56. The number of ether oxygens (including phenoxy) is 1. The van der Waals surface area contributed by atoms with Crippen LogP contribution in [0, 0.1) is 0 Å². The van der Waals surface area contributed by atoms with Crippen molar-refractivity contribution in [2.24, 2.45) is 0 Å². The number of aliphatic hydroxyl groups excluding tert-OH is 1. The van der Waals surface area contributed by atoms with Crippen LogP contribution in [0.1, 0.15) is 37.0 Å². The summed E-state index contributed by atoms with van der Waals surface area (Å²) in [5.74, 6) is 0.101. The average molecular weight is 266 g/mol. The van der Waals surface area contributed by atoms with Crippen molar-refractivity contribution >= 4 is 11.6 Å². The number of carbonyl (C=O) groups excluding carboxylic acids is 1. The Kier molecular flexibility index (Phi) is 5.18. The lowest BCUT2D eigenvalue weighted by atomic mass is 9.93. The molecule has 0 aliphatic carbocycles. The summed E-state index contributed by atoms with van der Waals surface area (Å²) in [6, 6.07) is 5.06. The maximum absolute atomic E-state index is 12.4. The van der Waals surface area contributed by atoms with Crippen molar-refractivity contribution in [2.75, 3.05) is 19.5 Å². The second-order valence-electron chi connectivity index (χ2n) is 4.52. The normalized spacial score (nSPS) is 11.2. The molecule has 0 unspecified atom stereocenters. The highest BCUT2D eigenvalue weighted by atomic mass is 16.5. The van der Waals surface area contributed by atoms with Gasteiger partial charge in [-0.2, -0.15) is 0 Å². The summed E-state index contributed by atoms with van der Waals surface area (Å²) in [6.07, 6.45) is 1.28. The van der Waals surface area contributed by atoms with Crippen LogP contribution in [0.5, 0.6) is 5.75 Å². The standard InChI is InChI=1S/C14H22N2O3/c1-4-14(5-2,9-17)16-13(18)12-10(15)7-6-8-11(12)19-3/h6-8,17H,4-5,9,15H2,1-3H3,(H,16,18). The summed E-state index contributed by atoms with van der Waals surface area (Å²) in [5.41, 5.74) is 5.88. The van der Waals surface area contributed by atoms with E-state index in [4.69, 9.17) is 10.5 Å². The van der Waals surface area contributed by atoms with Crippen molar-refractivity contribution in [1.82, 2.24) is 5.32 Å². The summed E-state index contributed by atoms with van der Waals surface area (Å²) in [6.45, 7) is 3.73. The molecule has 0 atom stereocenters. The maximum Gasteiger partial charge on any atom is 0.257 e. The van der Waals surface area contributed by atoms with E-state index in [1.165, 1.54) is 7.11 Å². The molecule has 5 nitrogen and oxygen atoms in total. The van der Waals surface area contributed by atoms with Gasteiger partial charge in [0, 0.05) is 5.69 Å². The number of hydrogen-bond donors (Lipinski definition) is 3. The van der Waals surface area contributed by atoms with E-state index in [2.05, 4.69) is 5.32 Å². The molecule has 0 heterocycles. The smallest absolute Gasteiger partial charge is 0.257 e. The van der Waals surface area contributed by atoms with E-state index >= 15 is 0 Å². The largest absolute Gasteiger partial charge is 0.496 e. The monoisotopic (exact) mass is 266 g/mol. The molecule has 1 amide bonds. The zero-order valence-corrected chi connectivity index (χ0v) is 11.7. The SMILES string of the molecule is CCC(CC)(CO)NC(=O)c1c(N)cccc1OC. The summed E-state index contributed by atoms with van der Waals surface area (Å²) in [5, 5.41) is 12.4. The molecule has 0 spiro atoms. The molecule has 0 aromatic heterocycles. The third-order valence-corrected chi connectivity index (χ3v) is 3.54. The Bertz CT molecular complexity index is 434. The van der Waals surface area contributed by atoms with Crippen molar-refractivity contribution in [3.8, 4) is 5.75 Å². The van der Waals surface area contributed by atoms with Crippen LogP contribution >= 0.6 is 0 Å². The molecule has 4 N–H and O–H groups in total. The second-order valence-corrected chi connectivity index (χ2v) is 4.52. The number of hydrogen-bond acceptors (Lipinski definition) is 4. The predicted molar refractivity (Wildman–Crippen MR) is 75.3 cm³/mol. The molecule has 0 radical (unpaired) electrons. The van der Waals surface area contributed by atoms with E-state index in [1.54, 1.807) is 18.2 Å². The minimum Gasteiger partial charge on any atom is -0.496 e. The lowest BCUT2D eigenvalue weighted by molar-refractivity contribution is 0.0816. The van der Waals surface area contributed by atoms with E-state index in [1.807, 2.05) is 13.8 Å². The first kappa shape index (κ1) is 15.3. The van der Waals surface area contributed by atoms with Crippen LogP contribution < -0.4 is 15.8 Å². The minimum absolute atomic E-state index is 0.110. The van der Waals surface area contributed by atoms with Gasteiger partial charge in [-0.25, -0.2) is 0 Å². The Morgan fingerprint density at radius 1 is 1.42 bits per heavy atom. The molecule has 0 aliphatic heterocycles. The summed E-state index contributed by atoms with van der Waals surface area (Å²) in [7, 11) is 1.49. The topological polar surface area (TPSA) is 84.6 Å². The average Bonchev–Trinajstić information content (AvgIpc) is 2.44. The first-order valence-corrected chi connectivity index (χ1v) is 6.39. The van der Waals surface area contributed by atoms with Gasteiger partial charge >= 0.3 is 0 Å². The van der Waals surface area contributed by atoms with Gasteiger partial charge in [-0.3, -0.25) is 4.79 Å². The number of carbonyl (C=O) groups is 1. The Morgan fingerprint density at radius 2 is 2.05 bits per heavy atom. The Hall–Kier alpha value is -1.75. The number of benzene rings is 1. The Morgan fingerprint density at radius 3 is 2.53 bits per heavy atom. The number of rotatable bonds is 6. The van der Waals surface area contributed by atoms with Gasteiger partial charge in [0.15, 0.2) is 0 Å². The van der Waals surface area contributed by atoms with Crippen LogP contribution in [0.2, 0.25) is 0 Å². The third kappa shape index (κ3) is 3.17. The van der Waals surface area contributed by atoms with Gasteiger partial charge in [0.05, 0.1) is 19.3 Å². The van der Waals surface area contributed by atoms with E-state index in [0.29, 0.717) is 29.8 Å². The lowest BCUT2D eigenvalue weighted by Crippen LogP contribution is -2.50. The van der Waals surface area contributed by atoms with Crippen molar-refractivity contribution in [3.63, 3.8) is 0 Å². The summed E-state index contributed by atoms with van der Waals surface area (Å²) >= 11 is 0. The van der Waals surface area contributed by atoms with Crippen LogP contribution in [0.4, 0.5) is 5.69 Å². The fourth-order valence-electron chi connectivity index (χ4n) is 1.95. The highest BCUT2D eigenvalue weighted by Gasteiger charge is 2.29. The summed E-state index contributed by atoms with van der Waals surface area (Å²) in [4.78, 5) is 12.4. The summed E-state index contributed by atoms with van der Waals surface area (Å²) < 4.78 is 5.16. The fraction of sp³-hybridized carbons (Fsp3) is 0.500. The molecule has 5 heteroatoms. The number of anilines is 1. The van der Waals surface area contributed by atoms with Crippen molar-refractivity contribution < 1.29 is 14.6 Å². The van der Waals surface area contributed by atoms with Gasteiger partial charge in [0.25, 0.3) is 5.91 Å². The zero-order valence-electron chi connectivity index (χ0n) is 11.7. The van der Waals surface area contributed by atoms with Gasteiger partial charge < -0.3 is 20.9 Å². The molecular formula is C14H22N2O3. The number of nitrogens with one attached hydrogen (secondary N) is 1. The number of aliphatic hydroxyl groups is 1. The van der Waals surface area contributed by atoms with Crippen LogP contribution in [0.25, 0.3) is 0 Å².